The van der Waals surface area contributed by atoms with E-state index in [0.29, 0.717) is 16.9 Å². The Morgan fingerprint density at radius 2 is 2.06 bits per heavy atom. The Kier molecular flexibility index (Phi) is 2.24. The number of aromatic nitrogens is 3. The third-order valence-electron chi connectivity index (χ3n) is 3.34. The maximum absolute atomic E-state index is 6.08. The van der Waals surface area contributed by atoms with Crippen molar-refractivity contribution in [1.29, 1.82) is 0 Å². The molecule has 17 heavy (non-hydrogen) atoms. The highest BCUT2D eigenvalue weighted by atomic mass is 15.3. The van der Waals surface area contributed by atoms with Gasteiger partial charge >= 0.3 is 0 Å². The van der Waals surface area contributed by atoms with E-state index in [4.69, 9.17) is 13.6 Å². The topological polar surface area (TPSA) is 59.5 Å². The van der Waals surface area contributed by atoms with Crippen LogP contribution in [0.4, 0.5) is 11.6 Å². The number of nitrogens with zero attached hydrogens (tertiary/aromatic N) is 4. The lowest BCUT2D eigenvalue weighted by Gasteiger charge is -2.20. The Hall–Kier alpha value is -1.72. The fourth-order valence-electron chi connectivity index (χ4n) is 2.34. The van der Waals surface area contributed by atoms with Crippen LogP contribution in [0.1, 0.15) is 18.4 Å². The Labute approximate surface area is 101 Å². The normalized spacial score (nSPS) is 15.9. The van der Waals surface area contributed by atoms with Gasteiger partial charge in [-0.3, -0.25) is 0 Å². The van der Waals surface area contributed by atoms with Crippen molar-refractivity contribution in [2.45, 2.75) is 19.8 Å². The van der Waals surface area contributed by atoms with Crippen LogP contribution in [0, 0.1) is 6.92 Å². The Balaban J connectivity index is 2.23. The van der Waals surface area contributed by atoms with Gasteiger partial charge in [-0.2, -0.15) is 9.61 Å². The standard InChI is InChI=1S/C11H14BN5/c1-7-9(13)17-11(8(12)6-14-17)15-10(7)16-4-2-3-5-16/h6H,2-5,13H2,1H3. The van der Waals surface area contributed by atoms with E-state index in [9.17, 15) is 0 Å². The summed E-state index contributed by atoms with van der Waals surface area (Å²) in [7, 11) is 5.84. The fourth-order valence-corrected chi connectivity index (χ4v) is 2.34. The third kappa shape index (κ3) is 1.47. The molecule has 0 aliphatic carbocycles. The highest BCUT2D eigenvalue weighted by Gasteiger charge is 2.19. The molecule has 0 bridgehead atoms. The van der Waals surface area contributed by atoms with Gasteiger partial charge in [0.05, 0.1) is 0 Å². The van der Waals surface area contributed by atoms with Crippen LogP contribution in [0.3, 0.4) is 0 Å². The molecule has 2 N–H and O–H groups in total. The second kappa shape index (κ2) is 3.65. The number of rotatable bonds is 1. The molecule has 0 aromatic carbocycles. The number of hydrogen-bond donors (Lipinski definition) is 1. The Morgan fingerprint density at radius 3 is 2.76 bits per heavy atom. The van der Waals surface area contributed by atoms with Crippen molar-refractivity contribution in [2.75, 3.05) is 23.7 Å². The monoisotopic (exact) mass is 227 g/mol. The molecule has 3 heterocycles. The van der Waals surface area contributed by atoms with Crippen LogP contribution in [0.2, 0.25) is 0 Å². The van der Waals surface area contributed by atoms with Gasteiger partial charge < -0.3 is 10.6 Å². The molecular weight excluding hydrogens is 213 g/mol. The lowest BCUT2D eigenvalue weighted by molar-refractivity contribution is 0.893. The predicted molar refractivity (Wildman–Crippen MR) is 69.0 cm³/mol. The van der Waals surface area contributed by atoms with E-state index < -0.39 is 0 Å². The van der Waals surface area contributed by atoms with Gasteiger partial charge in [-0.15, -0.1) is 0 Å². The van der Waals surface area contributed by atoms with E-state index in [-0.39, 0.29) is 0 Å². The zero-order valence-corrected chi connectivity index (χ0v) is 9.85. The minimum absolute atomic E-state index is 0.567. The second-order valence-corrected chi connectivity index (χ2v) is 4.48. The van der Waals surface area contributed by atoms with Crippen molar-refractivity contribution in [3.05, 3.63) is 11.8 Å². The number of anilines is 2. The molecule has 3 rings (SSSR count). The molecule has 1 aliphatic heterocycles. The van der Waals surface area contributed by atoms with E-state index in [1.165, 1.54) is 12.8 Å². The van der Waals surface area contributed by atoms with Crippen LogP contribution in [0.5, 0.6) is 0 Å². The van der Waals surface area contributed by atoms with E-state index in [1.807, 2.05) is 6.92 Å². The smallest absolute Gasteiger partial charge is 0.152 e. The van der Waals surface area contributed by atoms with Crippen LogP contribution in [0.15, 0.2) is 6.20 Å². The van der Waals surface area contributed by atoms with Crippen LogP contribution in [-0.2, 0) is 0 Å². The summed E-state index contributed by atoms with van der Waals surface area (Å²) in [6.45, 7) is 4.06. The van der Waals surface area contributed by atoms with Crippen molar-refractivity contribution in [3.63, 3.8) is 0 Å². The molecular formula is C11H14BN5. The lowest BCUT2D eigenvalue weighted by atomic mass is 10.0. The fraction of sp³-hybridized carbons (Fsp3) is 0.455. The van der Waals surface area contributed by atoms with Gasteiger partial charge in [0.1, 0.15) is 19.5 Å². The Bertz CT molecular complexity index is 571. The number of nitrogen functional groups attached to an aromatic ring is 1. The van der Waals surface area contributed by atoms with Gasteiger partial charge in [0, 0.05) is 24.8 Å². The molecule has 1 fully saturated rings. The van der Waals surface area contributed by atoms with E-state index >= 15 is 0 Å². The molecule has 2 radical (unpaired) electrons. The highest BCUT2D eigenvalue weighted by Crippen LogP contribution is 2.26. The summed E-state index contributed by atoms with van der Waals surface area (Å²) >= 11 is 0. The van der Waals surface area contributed by atoms with Crippen molar-refractivity contribution in [1.82, 2.24) is 14.6 Å². The average molecular weight is 227 g/mol. The van der Waals surface area contributed by atoms with Crippen LogP contribution in [0.25, 0.3) is 5.65 Å². The first-order valence-electron chi connectivity index (χ1n) is 5.82. The molecule has 0 amide bonds. The minimum atomic E-state index is 0.567. The van der Waals surface area contributed by atoms with Gasteiger partial charge in [0.25, 0.3) is 0 Å². The summed E-state index contributed by atoms with van der Waals surface area (Å²) in [6, 6.07) is 0. The molecule has 2 aromatic rings. The second-order valence-electron chi connectivity index (χ2n) is 4.48. The molecule has 1 aliphatic rings. The SMILES string of the molecule is [B]c1cnn2c(N)c(C)c(N3CCCC3)nc12. The molecule has 0 saturated carbocycles. The minimum Gasteiger partial charge on any atom is -0.383 e. The lowest BCUT2D eigenvalue weighted by Crippen LogP contribution is -2.22. The van der Waals surface area contributed by atoms with Crippen molar-refractivity contribution < 1.29 is 0 Å². The molecule has 2 aromatic heterocycles. The van der Waals surface area contributed by atoms with E-state index in [0.717, 1.165) is 24.5 Å². The van der Waals surface area contributed by atoms with E-state index in [1.54, 1.807) is 10.7 Å². The Morgan fingerprint density at radius 1 is 1.35 bits per heavy atom. The van der Waals surface area contributed by atoms with Crippen molar-refractivity contribution in [3.8, 4) is 0 Å². The third-order valence-corrected chi connectivity index (χ3v) is 3.34. The maximum atomic E-state index is 6.08. The van der Waals surface area contributed by atoms with E-state index in [2.05, 4.69) is 15.0 Å². The molecule has 86 valence electrons. The molecule has 5 nitrogen and oxygen atoms in total. The van der Waals surface area contributed by atoms with Crippen LogP contribution < -0.4 is 16.1 Å². The molecule has 0 spiro atoms. The molecule has 0 atom stereocenters. The number of nitrogens with two attached hydrogens (primary N) is 1. The predicted octanol–water partition coefficient (Wildman–Crippen LogP) is 0.0139. The largest absolute Gasteiger partial charge is 0.383 e. The summed E-state index contributed by atoms with van der Waals surface area (Å²) in [6.07, 6.45) is 4.01. The van der Waals surface area contributed by atoms with Gasteiger partial charge in [0.2, 0.25) is 0 Å². The summed E-state index contributed by atoms with van der Waals surface area (Å²) in [5.74, 6) is 1.56. The molecule has 1 saturated heterocycles. The first kappa shape index (κ1) is 10.4. The first-order chi connectivity index (χ1) is 8.18. The maximum Gasteiger partial charge on any atom is 0.152 e. The number of hydrogen-bond acceptors (Lipinski definition) is 4. The van der Waals surface area contributed by atoms with Gasteiger partial charge in [0.15, 0.2) is 5.65 Å². The molecule has 6 heteroatoms. The summed E-state index contributed by atoms with van der Waals surface area (Å²) in [5, 5.41) is 4.13. The summed E-state index contributed by atoms with van der Waals surface area (Å²) < 4.78 is 1.60. The quantitative estimate of drug-likeness (QED) is 0.697. The zero-order valence-electron chi connectivity index (χ0n) is 9.85. The van der Waals surface area contributed by atoms with Crippen LogP contribution in [-0.4, -0.2) is 35.5 Å². The van der Waals surface area contributed by atoms with Gasteiger partial charge in [-0.1, -0.05) is 0 Å². The first-order valence-corrected chi connectivity index (χ1v) is 5.82. The number of fused-ring (bicyclic) bond motifs is 1. The summed E-state index contributed by atoms with van der Waals surface area (Å²) in [5.41, 5.74) is 8.27. The van der Waals surface area contributed by atoms with Gasteiger partial charge in [-0.05, 0) is 25.2 Å². The van der Waals surface area contributed by atoms with Gasteiger partial charge in [-0.25, -0.2) is 4.98 Å². The highest BCUT2D eigenvalue weighted by molar-refractivity contribution is 6.36. The average Bonchev–Trinajstić information content (AvgIpc) is 2.94. The van der Waals surface area contributed by atoms with Crippen LogP contribution >= 0.6 is 0 Å². The molecule has 0 unspecified atom stereocenters. The zero-order chi connectivity index (χ0) is 12.0. The summed E-state index contributed by atoms with van der Waals surface area (Å²) in [4.78, 5) is 6.86. The van der Waals surface area contributed by atoms with Crippen molar-refractivity contribution in [2.24, 2.45) is 0 Å². The van der Waals surface area contributed by atoms with Crippen molar-refractivity contribution >= 4 is 30.6 Å².